The molecule has 1 aromatic heterocycles. The highest BCUT2D eigenvalue weighted by atomic mass is 16.5. The Morgan fingerprint density at radius 2 is 1.69 bits per heavy atom. The van der Waals surface area contributed by atoms with Crippen molar-refractivity contribution in [2.45, 2.75) is 58.3 Å². The van der Waals surface area contributed by atoms with Crippen molar-refractivity contribution in [3.05, 3.63) is 94.2 Å². The van der Waals surface area contributed by atoms with Gasteiger partial charge in [0, 0.05) is 35.5 Å². The predicted octanol–water partition coefficient (Wildman–Crippen LogP) is 6.51. The van der Waals surface area contributed by atoms with Crippen molar-refractivity contribution in [3.63, 3.8) is 0 Å². The maximum atomic E-state index is 13.6. The number of esters is 1. The third-order valence-electron chi connectivity index (χ3n) is 7.34. The molecule has 1 aliphatic carbocycles. The number of fused-ring (bicyclic) bond motifs is 4. The molecular formula is C33H34O6. The minimum Gasteiger partial charge on any atom is -0.493 e. The van der Waals surface area contributed by atoms with Crippen LogP contribution in [0.5, 0.6) is 11.5 Å². The molecule has 0 unspecified atom stereocenters. The molecule has 1 aliphatic rings. The fourth-order valence-electron chi connectivity index (χ4n) is 5.10. The van der Waals surface area contributed by atoms with Gasteiger partial charge in [-0.2, -0.15) is 0 Å². The Balaban J connectivity index is 1.39. The van der Waals surface area contributed by atoms with Gasteiger partial charge < -0.3 is 19.0 Å². The van der Waals surface area contributed by atoms with E-state index in [-0.39, 0.29) is 30.2 Å². The van der Waals surface area contributed by atoms with E-state index in [1.54, 1.807) is 30.3 Å². The average Bonchev–Trinajstić information content (AvgIpc) is 3.27. The van der Waals surface area contributed by atoms with Gasteiger partial charge in [-0.05, 0) is 66.3 Å². The number of aliphatic hydroxyl groups is 1. The molecule has 0 aliphatic heterocycles. The van der Waals surface area contributed by atoms with Gasteiger partial charge in [-0.15, -0.1) is 0 Å². The lowest BCUT2D eigenvalue weighted by molar-refractivity contribution is -0.133. The van der Waals surface area contributed by atoms with Crippen LogP contribution in [0.3, 0.4) is 0 Å². The van der Waals surface area contributed by atoms with E-state index in [0.29, 0.717) is 52.4 Å². The number of furan rings is 1. The van der Waals surface area contributed by atoms with E-state index in [2.05, 4.69) is 20.8 Å². The summed E-state index contributed by atoms with van der Waals surface area (Å²) in [6.07, 6.45) is 0.685. The number of carbonyl (C=O) groups excluding carboxylic acids is 2. The van der Waals surface area contributed by atoms with Gasteiger partial charge in [0.1, 0.15) is 22.8 Å². The van der Waals surface area contributed by atoms with Crippen molar-refractivity contribution in [2.24, 2.45) is 0 Å². The molecule has 0 radical (unpaired) electrons. The second-order valence-electron chi connectivity index (χ2n) is 11.6. The summed E-state index contributed by atoms with van der Waals surface area (Å²) in [4.78, 5) is 26.3. The number of carbonyl (C=O) groups is 2. The van der Waals surface area contributed by atoms with Crippen LogP contribution in [0.2, 0.25) is 0 Å². The number of hydrogen-bond donors (Lipinski definition) is 1. The number of ketones is 1. The summed E-state index contributed by atoms with van der Waals surface area (Å²) in [5.41, 5.74) is 4.00. The summed E-state index contributed by atoms with van der Waals surface area (Å²) in [6, 6.07) is 18.6. The van der Waals surface area contributed by atoms with E-state index >= 15 is 0 Å². The van der Waals surface area contributed by atoms with Crippen LogP contribution in [-0.4, -0.2) is 30.1 Å². The van der Waals surface area contributed by atoms with Crippen molar-refractivity contribution in [2.75, 3.05) is 13.2 Å². The van der Waals surface area contributed by atoms with Crippen LogP contribution in [0.4, 0.5) is 0 Å². The molecule has 1 heterocycles. The van der Waals surface area contributed by atoms with Gasteiger partial charge in [0.15, 0.2) is 5.78 Å². The van der Waals surface area contributed by atoms with Crippen molar-refractivity contribution < 1.29 is 28.6 Å². The molecule has 6 nitrogen and oxygen atoms in total. The van der Waals surface area contributed by atoms with Gasteiger partial charge >= 0.3 is 5.97 Å². The van der Waals surface area contributed by atoms with Crippen molar-refractivity contribution in [3.8, 4) is 11.5 Å². The molecule has 0 fully saturated rings. The third kappa shape index (κ3) is 5.09. The standard InChI is InChI=1S/C33H34O6/c1-32(2,3)21-9-7-20(8-10-21)17-28(35)38-23-12-14-25-27(19-23)39-31-29(25)30(36)24-13-11-22(37-16-6-15-34)18-26(24)33(31,4)5/h7-14,18-19,34H,6,15-17H2,1-5H3. The molecule has 3 aromatic carbocycles. The largest absolute Gasteiger partial charge is 0.493 e. The lowest BCUT2D eigenvalue weighted by Gasteiger charge is -2.30. The second kappa shape index (κ2) is 10.0. The number of aliphatic hydroxyl groups excluding tert-OH is 1. The highest BCUT2D eigenvalue weighted by molar-refractivity contribution is 6.19. The molecule has 39 heavy (non-hydrogen) atoms. The number of rotatable bonds is 7. The van der Waals surface area contributed by atoms with E-state index in [1.165, 1.54) is 5.56 Å². The van der Waals surface area contributed by atoms with Crippen molar-refractivity contribution >= 4 is 22.7 Å². The van der Waals surface area contributed by atoms with Crippen molar-refractivity contribution in [1.29, 1.82) is 0 Å². The SMILES string of the molecule is CC(C)(C)c1ccc(CC(=O)Oc2ccc3c4c(oc3c2)C(C)(C)c2cc(OCCCO)ccc2C4=O)cc1. The second-order valence-corrected chi connectivity index (χ2v) is 11.6. The van der Waals surface area contributed by atoms with Gasteiger partial charge in [-0.1, -0.05) is 45.0 Å². The molecule has 0 atom stereocenters. The first kappa shape index (κ1) is 26.7. The Hall–Kier alpha value is -3.90. The third-order valence-corrected chi connectivity index (χ3v) is 7.34. The maximum absolute atomic E-state index is 13.6. The maximum Gasteiger partial charge on any atom is 0.315 e. The lowest BCUT2D eigenvalue weighted by atomic mass is 9.71. The molecule has 0 bridgehead atoms. The minimum atomic E-state index is -0.593. The van der Waals surface area contributed by atoms with E-state index in [9.17, 15) is 9.59 Å². The summed E-state index contributed by atoms with van der Waals surface area (Å²) in [5, 5.41) is 9.72. The van der Waals surface area contributed by atoms with E-state index in [4.69, 9.17) is 19.0 Å². The van der Waals surface area contributed by atoms with E-state index < -0.39 is 5.41 Å². The zero-order valence-corrected chi connectivity index (χ0v) is 23.1. The quantitative estimate of drug-likeness (QED) is 0.168. The zero-order chi connectivity index (χ0) is 27.9. The molecule has 4 aromatic rings. The van der Waals surface area contributed by atoms with Crippen LogP contribution >= 0.6 is 0 Å². The first-order valence-electron chi connectivity index (χ1n) is 13.3. The highest BCUT2D eigenvalue weighted by Crippen LogP contribution is 2.46. The number of ether oxygens (including phenoxy) is 2. The molecule has 0 amide bonds. The fraction of sp³-hybridized carbons (Fsp3) is 0.333. The Bertz CT molecular complexity index is 1550. The fourth-order valence-corrected chi connectivity index (χ4v) is 5.10. The summed E-state index contributed by atoms with van der Waals surface area (Å²) < 4.78 is 17.7. The number of benzene rings is 3. The summed E-state index contributed by atoms with van der Waals surface area (Å²) in [6.45, 7) is 10.9. The predicted molar refractivity (Wildman–Crippen MR) is 150 cm³/mol. The van der Waals surface area contributed by atoms with Crippen LogP contribution in [-0.2, 0) is 22.0 Å². The van der Waals surface area contributed by atoms with Gasteiger partial charge in [-0.25, -0.2) is 0 Å². The lowest BCUT2D eigenvalue weighted by Crippen LogP contribution is -2.29. The van der Waals surface area contributed by atoms with E-state index in [1.807, 2.05) is 44.2 Å². The van der Waals surface area contributed by atoms with Gasteiger partial charge in [0.05, 0.1) is 18.6 Å². The monoisotopic (exact) mass is 526 g/mol. The molecule has 0 spiro atoms. The molecule has 5 rings (SSSR count). The number of hydrogen-bond acceptors (Lipinski definition) is 6. The Morgan fingerprint density at radius 1 is 0.974 bits per heavy atom. The van der Waals surface area contributed by atoms with Crippen LogP contribution in [0, 0.1) is 0 Å². The molecule has 0 saturated carbocycles. The first-order chi connectivity index (χ1) is 18.5. The summed E-state index contributed by atoms with van der Waals surface area (Å²) >= 11 is 0. The molecule has 202 valence electrons. The Morgan fingerprint density at radius 3 is 2.38 bits per heavy atom. The topological polar surface area (TPSA) is 86.0 Å². The minimum absolute atomic E-state index is 0.0460. The summed E-state index contributed by atoms with van der Waals surface area (Å²) in [5.74, 6) is 1.11. The van der Waals surface area contributed by atoms with Crippen LogP contribution in [0.25, 0.3) is 11.0 Å². The molecule has 6 heteroatoms. The van der Waals surface area contributed by atoms with Gasteiger partial charge in [-0.3, -0.25) is 9.59 Å². The molecular weight excluding hydrogens is 492 g/mol. The Labute approximate surface area is 228 Å². The van der Waals surface area contributed by atoms with E-state index in [0.717, 1.165) is 11.1 Å². The zero-order valence-electron chi connectivity index (χ0n) is 23.1. The highest BCUT2D eigenvalue weighted by Gasteiger charge is 2.41. The molecule has 0 saturated heterocycles. The van der Waals surface area contributed by atoms with Gasteiger partial charge in [0.2, 0.25) is 0 Å². The van der Waals surface area contributed by atoms with Crippen molar-refractivity contribution in [1.82, 2.24) is 0 Å². The van der Waals surface area contributed by atoms with Crippen LogP contribution in [0.1, 0.15) is 79.4 Å². The summed E-state index contributed by atoms with van der Waals surface area (Å²) in [7, 11) is 0. The van der Waals surface area contributed by atoms with Gasteiger partial charge in [0.25, 0.3) is 0 Å². The molecule has 1 N–H and O–H groups in total. The average molecular weight is 527 g/mol. The first-order valence-corrected chi connectivity index (χ1v) is 13.3. The normalized spacial score (nSPS) is 14.2. The van der Waals surface area contributed by atoms with Crippen LogP contribution in [0.15, 0.2) is 65.1 Å². The smallest absolute Gasteiger partial charge is 0.315 e. The Kier molecular flexibility index (Phi) is 6.85. The van der Waals surface area contributed by atoms with Crippen LogP contribution < -0.4 is 9.47 Å².